The molecular weight excluding hydrogens is 705 g/mol. The fourth-order valence-corrected chi connectivity index (χ4v) is 8.30. The Labute approximate surface area is 297 Å². The third-order valence-corrected chi connectivity index (χ3v) is 12.1. The van der Waals surface area contributed by atoms with E-state index in [1.54, 1.807) is 26.8 Å². The molecule has 2 saturated carbocycles. The number of amides is 5. The second-order valence-electron chi connectivity index (χ2n) is 14.7. The van der Waals surface area contributed by atoms with Gasteiger partial charge in [0, 0.05) is 24.1 Å². The van der Waals surface area contributed by atoms with Crippen molar-refractivity contribution >= 4 is 49.8 Å². The van der Waals surface area contributed by atoms with Gasteiger partial charge in [-0.15, -0.1) is 0 Å². The quantitative estimate of drug-likeness (QED) is 0.247. The highest BCUT2D eigenvalue weighted by molar-refractivity contribution is 7.91. The summed E-state index contributed by atoms with van der Waals surface area (Å²) in [5.74, 6) is -3.25. The number of primary sulfonamides is 1. The maximum atomic E-state index is 14.2. The first kappa shape index (κ1) is 38.2. The Kier molecular flexibility index (Phi) is 10.9. The highest BCUT2D eigenvalue weighted by Crippen LogP contribution is 2.46. The van der Waals surface area contributed by atoms with Crippen molar-refractivity contribution in [2.24, 2.45) is 11.1 Å². The van der Waals surface area contributed by atoms with Crippen LogP contribution < -0.4 is 25.8 Å². The summed E-state index contributed by atoms with van der Waals surface area (Å²) in [4.78, 5) is 69.1. The topological polar surface area (TPSA) is 240 Å². The number of fused-ring (bicyclic) bond motifs is 2. The van der Waals surface area contributed by atoms with Gasteiger partial charge in [-0.1, -0.05) is 25.0 Å². The number of sulfonamides is 2. The van der Waals surface area contributed by atoms with Gasteiger partial charge in [0.25, 0.3) is 11.8 Å². The van der Waals surface area contributed by atoms with Crippen molar-refractivity contribution in [3.05, 3.63) is 42.0 Å². The third kappa shape index (κ3) is 9.45. The molecule has 18 heteroatoms. The van der Waals surface area contributed by atoms with Crippen LogP contribution >= 0.6 is 0 Å². The molecular formula is C33H46N6O10S2. The van der Waals surface area contributed by atoms with Gasteiger partial charge < -0.3 is 25.6 Å². The van der Waals surface area contributed by atoms with Gasteiger partial charge in [0.1, 0.15) is 23.2 Å². The zero-order valence-corrected chi connectivity index (χ0v) is 30.5. The number of allylic oxidation sites excluding steroid dienone is 1. The molecule has 5 rings (SSSR count). The molecule has 1 aromatic carbocycles. The Morgan fingerprint density at radius 1 is 0.980 bits per heavy atom. The Hall–Kier alpha value is -4.03. The Bertz CT molecular complexity index is 1800. The predicted molar refractivity (Wildman–Crippen MR) is 184 cm³/mol. The number of benzene rings is 1. The average molecular weight is 751 g/mol. The molecule has 2 aliphatic carbocycles. The standard InChI is InChI=1S/C33H46N6O10S2/c1-32(2,3)49-31(44)36-25-10-8-6-4-5-7-9-21-18-33(21,30(43)38-51(47,48)24-15-16-24)37-28(41)26-17-22(19-39(26)29(25)42)35-27(40)20-11-13-23(14-12-20)50(34,45)46/h7,9,11-14,21-22,24-26H,4-6,8,10,15-19H2,1-3H3,(H,35,40)(H,36,44)(H,37,41)(H,38,43)(H2,34,45,46)/t21-,22-,25+,26+,33-/m1/s1. The molecule has 16 nitrogen and oxygen atoms in total. The smallest absolute Gasteiger partial charge is 0.408 e. The molecule has 280 valence electrons. The highest BCUT2D eigenvalue weighted by Gasteiger charge is 2.62. The molecule has 0 unspecified atom stereocenters. The summed E-state index contributed by atoms with van der Waals surface area (Å²) in [5, 5.41) is 12.7. The second kappa shape index (κ2) is 14.5. The number of nitrogens with zero attached hydrogens (tertiary/aromatic N) is 1. The van der Waals surface area contributed by atoms with Crippen LogP contribution in [0.3, 0.4) is 0 Å². The van der Waals surface area contributed by atoms with Crippen molar-refractivity contribution in [1.82, 2.24) is 25.6 Å². The molecule has 4 aliphatic rings. The van der Waals surface area contributed by atoms with Crippen LogP contribution in [0, 0.1) is 5.92 Å². The molecule has 1 saturated heterocycles. The van der Waals surface area contributed by atoms with Gasteiger partial charge in [0.2, 0.25) is 31.9 Å². The zero-order valence-electron chi connectivity index (χ0n) is 28.8. The van der Waals surface area contributed by atoms with Crippen LogP contribution in [0.1, 0.15) is 88.9 Å². The van der Waals surface area contributed by atoms with Gasteiger partial charge in [-0.25, -0.2) is 26.8 Å². The summed E-state index contributed by atoms with van der Waals surface area (Å²) in [6.07, 6.45) is 6.75. The van der Waals surface area contributed by atoms with Crippen LogP contribution in [0.25, 0.3) is 0 Å². The molecule has 3 fully saturated rings. The van der Waals surface area contributed by atoms with Gasteiger partial charge in [0.05, 0.1) is 10.1 Å². The Morgan fingerprint density at radius 3 is 2.29 bits per heavy atom. The van der Waals surface area contributed by atoms with Crippen LogP contribution in [0.15, 0.2) is 41.3 Å². The van der Waals surface area contributed by atoms with Gasteiger partial charge in [-0.3, -0.25) is 23.9 Å². The third-order valence-electron chi connectivity index (χ3n) is 9.35. The maximum absolute atomic E-state index is 14.2. The number of hydrogen-bond acceptors (Lipinski definition) is 10. The molecule has 2 aliphatic heterocycles. The van der Waals surface area contributed by atoms with Crippen molar-refractivity contribution in [2.75, 3.05) is 6.54 Å². The number of carbonyl (C=O) groups excluding carboxylic acids is 5. The van der Waals surface area contributed by atoms with Crippen molar-refractivity contribution in [2.45, 2.75) is 118 Å². The summed E-state index contributed by atoms with van der Waals surface area (Å²) < 4.78 is 56.3. The van der Waals surface area contributed by atoms with E-state index in [4.69, 9.17) is 9.88 Å². The highest BCUT2D eigenvalue weighted by atomic mass is 32.2. The number of nitrogens with two attached hydrogens (primary N) is 1. The molecule has 2 heterocycles. The lowest BCUT2D eigenvalue weighted by molar-refractivity contribution is -0.141. The van der Waals surface area contributed by atoms with Gasteiger partial charge >= 0.3 is 6.09 Å². The molecule has 1 aromatic rings. The van der Waals surface area contributed by atoms with Gasteiger partial charge in [-0.2, -0.15) is 0 Å². The summed E-state index contributed by atoms with van der Waals surface area (Å²) in [6.45, 7) is 4.91. The number of alkyl carbamates (subject to hydrolysis) is 1. The molecule has 5 amide bonds. The minimum Gasteiger partial charge on any atom is -0.444 e. The zero-order chi connectivity index (χ0) is 37.4. The SMILES string of the molecule is CC(C)(C)OC(=O)N[C@H]1CCCCCC=C[C@@H]2C[C@@]2(C(=O)NS(=O)(=O)C2CC2)NC(=O)[C@@H]2C[C@@H](NC(=O)c3ccc(S(N)(=O)=O)cc3)CN2C1=O. The average Bonchev–Trinajstić information content (AvgIpc) is 3.95. The Balaban J connectivity index is 1.42. The summed E-state index contributed by atoms with van der Waals surface area (Å²) in [7, 11) is -7.92. The molecule has 6 N–H and O–H groups in total. The van der Waals surface area contributed by atoms with Crippen molar-refractivity contribution in [3.63, 3.8) is 0 Å². The summed E-state index contributed by atoms with van der Waals surface area (Å²) >= 11 is 0. The van der Waals surface area contributed by atoms with E-state index in [0.717, 1.165) is 6.42 Å². The minimum absolute atomic E-state index is 0.0731. The largest absolute Gasteiger partial charge is 0.444 e. The van der Waals surface area contributed by atoms with E-state index in [9.17, 15) is 40.8 Å². The molecule has 0 radical (unpaired) electrons. The van der Waals surface area contributed by atoms with E-state index in [1.807, 2.05) is 6.08 Å². The van der Waals surface area contributed by atoms with Crippen molar-refractivity contribution < 1.29 is 45.5 Å². The van der Waals surface area contributed by atoms with Crippen molar-refractivity contribution in [3.8, 4) is 0 Å². The van der Waals surface area contributed by atoms with Gasteiger partial charge in [0.15, 0.2) is 0 Å². The van der Waals surface area contributed by atoms with E-state index in [2.05, 4.69) is 20.7 Å². The molecule has 51 heavy (non-hydrogen) atoms. The first-order chi connectivity index (χ1) is 23.8. The number of carbonyl (C=O) groups is 5. The summed E-state index contributed by atoms with van der Waals surface area (Å²) in [6, 6.07) is 1.86. The number of rotatable bonds is 7. The van der Waals surface area contributed by atoms with Crippen LogP contribution in [0.4, 0.5) is 4.79 Å². The Morgan fingerprint density at radius 2 is 1.67 bits per heavy atom. The van der Waals surface area contributed by atoms with E-state index < -0.39 is 90.2 Å². The molecule has 0 aromatic heterocycles. The van der Waals surface area contributed by atoms with E-state index in [1.165, 1.54) is 29.2 Å². The lowest BCUT2D eigenvalue weighted by Crippen LogP contribution is -2.58. The molecule has 0 spiro atoms. The lowest BCUT2D eigenvalue weighted by Gasteiger charge is -2.30. The maximum Gasteiger partial charge on any atom is 0.408 e. The number of nitrogens with one attached hydrogen (secondary N) is 4. The molecule has 0 bridgehead atoms. The van der Waals surface area contributed by atoms with E-state index >= 15 is 0 Å². The monoisotopic (exact) mass is 750 g/mol. The van der Waals surface area contributed by atoms with Crippen LogP contribution in [-0.4, -0.2) is 92.5 Å². The van der Waals surface area contributed by atoms with E-state index in [0.29, 0.717) is 32.1 Å². The molecule has 5 atom stereocenters. The van der Waals surface area contributed by atoms with Crippen LogP contribution in [0.5, 0.6) is 0 Å². The predicted octanol–water partition coefficient (Wildman–Crippen LogP) is 0.930. The van der Waals surface area contributed by atoms with Crippen LogP contribution in [-0.2, 0) is 39.2 Å². The fraction of sp³-hybridized carbons (Fsp3) is 0.606. The second-order valence-corrected chi connectivity index (χ2v) is 18.2. The lowest BCUT2D eigenvalue weighted by atomic mass is 10.0. The first-order valence-corrected chi connectivity index (χ1v) is 20.2. The number of hydrogen-bond donors (Lipinski definition) is 5. The van der Waals surface area contributed by atoms with E-state index in [-0.39, 0.29) is 36.3 Å². The van der Waals surface area contributed by atoms with Crippen LogP contribution in [0.2, 0.25) is 0 Å². The number of ether oxygens (including phenoxy) is 1. The van der Waals surface area contributed by atoms with Gasteiger partial charge in [-0.05, 0) is 90.0 Å². The fourth-order valence-electron chi connectivity index (χ4n) is 6.42. The minimum atomic E-state index is -3.99. The van der Waals surface area contributed by atoms with Crippen molar-refractivity contribution in [1.29, 1.82) is 0 Å². The summed E-state index contributed by atoms with van der Waals surface area (Å²) in [5.41, 5.74) is -2.31. The first-order valence-electron chi connectivity index (χ1n) is 17.1. The normalized spacial score (nSPS) is 27.5.